The summed E-state index contributed by atoms with van der Waals surface area (Å²) in [7, 11) is 0. The number of amides is 1. The van der Waals surface area contributed by atoms with Crippen LogP contribution in [0.15, 0.2) is 29.2 Å². The number of rotatable bonds is 1. The number of fused-ring (bicyclic) bond motifs is 1. The molecule has 1 amide bonds. The summed E-state index contributed by atoms with van der Waals surface area (Å²) in [6, 6.07) is 5.38. The molecule has 0 aliphatic carbocycles. The van der Waals surface area contributed by atoms with Gasteiger partial charge in [-0.25, -0.2) is 0 Å². The predicted molar refractivity (Wildman–Crippen MR) is 94.3 cm³/mol. The van der Waals surface area contributed by atoms with Gasteiger partial charge in [-0.05, 0) is 32.9 Å². The summed E-state index contributed by atoms with van der Waals surface area (Å²) in [4.78, 5) is 27.5. The van der Waals surface area contributed by atoms with Gasteiger partial charge in [-0.3, -0.25) is 9.59 Å². The van der Waals surface area contributed by atoms with Crippen molar-refractivity contribution in [1.29, 1.82) is 0 Å². The van der Waals surface area contributed by atoms with Crippen LogP contribution in [0.25, 0.3) is 10.9 Å². The third-order valence-corrected chi connectivity index (χ3v) is 4.32. The Balaban J connectivity index is 2.25. The van der Waals surface area contributed by atoms with Gasteiger partial charge in [0.05, 0.1) is 24.1 Å². The van der Waals surface area contributed by atoms with Crippen LogP contribution in [0, 0.1) is 0 Å². The average molecular weight is 329 g/mol. The number of hydrogen-bond donors (Lipinski definition) is 1. The van der Waals surface area contributed by atoms with E-state index in [4.69, 9.17) is 10.5 Å². The molecular formula is C18H23N3O3. The van der Waals surface area contributed by atoms with E-state index in [1.807, 2.05) is 37.5 Å². The Labute approximate surface area is 140 Å². The first-order valence-corrected chi connectivity index (χ1v) is 8.12. The van der Waals surface area contributed by atoms with Gasteiger partial charge in [-0.15, -0.1) is 0 Å². The summed E-state index contributed by atoms with van der Waals surface area (Å²) >= 11 is 0. The zero-order chi connectivity index (χ0) is 17.5. The van der Waals surface area contributed by atoms with Gasteiger partial charge in [0.2, 0.25) is 5.43 Å². The lowest BCUT2D eigenvalue weighted by Gasteiger charge is -2.29. The summed E-state index contributed by atoms with van der Waals surface area (Å²) in [5.74, 6) is -0.258. The van der Waals surface area contributed by atoms with Gasteiger partial charge in [-0.1, -0.05) is 6.07 Å². The summed E-state index contributed by atoms with van der Waals surface area (Å²) in [5, 5.41) is 0.409. The molecule has 1 aliphatic rings. The van der Waals surface area contributed by atoms with Gasteiger partial charge in [-0.2, -0.15) is 0 Å². The zero-order valence-corrected chi connectivity index (χ0v) is 14.3. The third-order valence-electron chi connectivity index (χ3n) is 4.32. The Morgan fingerprint density at radius 3 is 2.50 bits per heavy atom. The summed E-state index contributed by atoms with van der Waals surface area (Å²) < 4.78 is 7.24. The van der Waals surface area contributed by atoms with Crippen LogP contribution in [-0.4, -0.2) is 41.7 Å². The van der Waals surface area contributed by atoms with E-state index in [9.17, 15) is 9.59 Å². The molecule has 0 spiro atoms. The van der Waals surface area contributed by atoms with Crippen molar-refractivity contribution in [1.82, 2.24) is 9.47 Å². The fourth-order valence-electron chi connectivity index (χ4n) is 3.04. The van der Waals surface area contributed by atoms with Crippen molar-refractivity contribution in [2.75, 3.05) is 32.0 Å². The number of benzene rings is 1. The number of aromatic nitrogens is 1. The molecule has 3 rings (SSSR count). The van der Waals surface area contributed by atoms with Crippen LogP contribution >= 0.6 is 0 Å². The third kappa shape index (κ3) is 2.78. The lowest BCUT2D eigenvalue weighted by molar-refractivity contribution is 0.0301. The van der Waals surface area contributed by atoms with Crippen molar-refractivity contribution in [3.63, 3.8) is 0 Å². The number of nitrogens with two attached hydrogens (primary N) is 1. The molecule has 2 aromatic rings. The van der Waals surface area contributed by atoms with E-state index in [-0.39, 0.29) is 22.4 Å². The monoisotopic (exact) mass is 329 g/mol. The fourth-order valence-corrected chi connectivity index (χ4v) is 3.04. The lowest BCUT2D eigenvalue weighted by Crippen LogP contribution is -2.43. The van der Waals surface area contributed by atoms with Crippen molar-refractivity contribution in [3.05, 3.63) is 40.2 Å². The van der Waals surface area contributed by atoms with Crippen LogP contribution in [-0.2, 0) is 10.3 Å². The minimum atomic E-state index is -0.305. The van der Waals surface area contributed by atoms with Crippen molar-refractivity contribution >= 4 is 22.5 Å². The smallest absolute Gasteiger partial charge is 0.259 e. The van der Waals surface area contributed by atoms with Crippen molar-refractivity contribution in [2.24, 2.45) is 0 Å². The first-order valence-electron chi connectivity index (χ1n) is 8.12. The molecule has 0 atom stereocenters. The normalized spacial score (nSPS) is 15.7. The average Bonchev–Trinajstić information content (AvgIpc) is 2.54. The standard InChI is InChI=1S/C18H23N3O3/c1-18(2,3)21-11-12(17(23)20-7-9-24-10-8-20)16(22)15-13(19)5-4-6-14(15)21/h4-6,11H,7-10,19H2,1-3H3. The second-order valence-corrected chi connectivity index (χ2v) is 7.06. The number of carbonyl (C=O) groups is 1. The molecule has 2 heterocycles. The zero-order valence-electron chi connectivity index (χ0n) is 14.3. The van der Waals surface area contributed by atoms with E-state index in [1.165, 1.54) is 0 Å². The van der Waals surface area contributed by atoms with E-state index in [0.717, 1.165) is 5.52 Å². The summed E-state index contributed by atoms with van der Waals surface area (Å²) in [6.07, 6.45) is 1.67. The molecule has 2 N–H and O–H groups in total. The van der Waals surface area contributed by atoms with Gasteiger partial charge in [0.1, 0.15) is 5.56 Å². The van der Waals surface area contributed by atoms with Crippen LogP contribution in [0.3, 0.4) is 0 Å². The Kier molecular flexibility index (Phi) is 4.09. The molecule has 128 valence electrons. The number of nitrogens with zero attached hydrogens (tertiary/aromatic N) is 2. The van der Waals surface area contributed by atoms with E-state index in [0.29, 0.717) is 37.4 Å². The molecule has 1 fully saturated rings. The van der Waals surface area contributed by atoms with Crippen LogP contribution in [0.2, 0.25) is 0 Å². The van der Waals surface area contributed by atoms with Crippen LogP contribution < -0.4 is 11.2 Å². The number of carbonyl (C=O) groups excluding carboxylic acids is 1. The number of pyridine rings is 1. The molecular weight excluding hydrogens is 306 g/mol. The molecule has 1 saturated heterocycles. The highest BCUT2D eigenvalue weighted by atomic mass is 16.5. The number of nitrogen functional groups attached to an aromatic ring is 1. The van der Waals surface area contributed by atoms with Crippen molar-refractivity contribution in [3.8, 4) is 0 Å². The number of hydrogen-bond acceptors (Lipinski definition) is 4. The molecule has 0 radical (unpaired) electrons. The Morgan fingerprint density at radius 1 is 1.21 bits per heavy atom. The maximum absolute atomic E-state index is 12.9. The van der Waals surface area contributed by atoms with E-state index >= 15 is 0 Å². The Hall–Kier alpha value is -2.34. The molecule has 1 aromatic heterocycles. The predicted octanol–water partition coefficient (Wildman–Crippen LogP) is 1.81. The SMILES string of the molecule is CC(C)(C)n1cc(C(=O)N2CCOCC2)c(=O)c2c(N)cccc21. The van der Waals surface area contributed by atoms with E-state index < -0.39 is 0 Å². The number of ether oxygens (including phenoxy) is 1. The molecule has 0 bridgehead atoms. The van der Waals surface area contributed by atoms with Gasteiger partial charge < -0.3 is 19.9 Å². The number of anilines is 1. The van der Waals surface area contributed by atoms with Crippen molar-refractivity contribution in [2.45, 2.75) is 26.3 Å². The molecule has 0 unspecified atom stereocenters. The quantitative estimate of drug-likeness (QED) is 0.810. The van der Waals surface area contributed by atoms with Gasteiger partial charge in [0.25, 0.3) is 5.91 Å². The van der Waals surface area contributed by atoms with Gasteiger partial charge in [0.15, 0.2) is 0 Å². The van der Waals surface area contributed by atoms with Gasteiger partial charge in [0, 0.05) is 30.5 Å². The minimum Gasteiger partial charge on any atom is -0.398 e. The van der Waals surface area contributed by atoms with Crippen LogP contribution in [0.5, 0.6) is 0 Å². The van der Waals surface area contributed by atoms with Gasteiger partial charge >= 0.3 is 0 Å². The molecule has 1 aromatic carbocycles. The highest BCUT2D eigenvalue weighted by molar-refractivity contribution is 6.00. The van der Waals surface area contributed by atoms with E-state index in [2.05, 4.69) is 0 Å². The topological polar surface area (TPSA) is 77.6 Å². The Morgan fingerprint density at radius 2 is 1.88 bits per heavy atom. The molecule has 1 aliphatic heterocycles. The van der Waals surface area contributed by atoms with Crippen LogP contribution in [0.1, 0.15) is 31.1 Å². The Bertz CT molecular complexity index is 843. The van der Waals surface area contributed by atoms with E-state index in [1.54, 1.807) is 17.2 Å². The molecule has 0 saturated carbocycles. The fraction of sp³-hybridized carbons (Fsp3) is 0.444. The highest BCUT2D eigenvalue weighted by Crippen LogP contribution is 2.25. The molecule has 6 heteroatoms. The highest BCUT2D eigenvalue weighted by Gasteiger charge is 2.25. The largest absolute Gasteiger partial charge is 0.398 e. The second-order valence-electron chi connectivity index (χ2n) is 7.06. The molecule has 24 heavy (non-hydrogen) atoms. The number of morpholine rings is 1. The summed E-state index contributed by atoms with van der Waals surface area (Å²) in [5.41, 5.74) is 6.76. The maximum Gasteiger partial charge on any atom is 0.259 e. The minimum absolute atomic E-state index is 0.164. The molecule has 6 nitrogen and oxygen atoms in total. The van der Waals surface area contributed by atoms with Crippen LogP contribution in [0.4, 0.5) is 5.69 Å². The first-order chi connectivity index (χ1) is 11.3. The maximum atomic E-state index is 12.9. The first kappa shape index (κ1) is 16.5. The second kappa shape index (κ2) is 5.94. The van der Waals surface area contributed by atoms with Crippen molar-refractivity contribution < 1.29 is 9.53 Å². The lowest BCUT2D eigenvalue weighted by atomic mass is 10.0. The summed E-state index contributed by atoms with van der Waals surface area (Å²) in [6.45, 7) is 8.07.